The third-order valence-electron chi connectivity index (χ3n) is 4.82. The molecule has 1 aliphatic rings. The molecule has 0 atom stereocenters. The van der Waals surface area contributed by atoms with E-state index in [4.69, 9.17) is 44.9 Å². The summed E-state index contributed by atoms with van der Waals surface area (Å²) in [6.07, 6.45) is 1.67. The Morgan fingerprint density at radius 1 is 1.18 bits per heavy atom. The molecule has 10 heteroatoms. The molecule has 34 heavy (non-hydrogen) atoms. The van der Waals surface area contributed by atoms with E-state index in [1.807, 2.05) is 0 Å². The fraction of sp³-hybridized carbons (Fsp3) is 0.0833. The first kappa shape index (κ1) is 25.0. The predicted octanol–water partition coefficient (Wildman–Crippen LogP) is 7.89. The maximum Gasteiger partial charge on any atom is 0.270 e. The average Bonchev–Trinajstić information content (AvgIpc) is 3.07. The Kier molecular flexibility index (Phi) is 7.84. The van der Waals surface area contributed by atoms with Crippen LogP contribution in [0.25, 0.3) is 6.08 Å². The Balaban J connectivity index is 1.59. The second kappa shape index (κ2) is 10.7. The first-order valence-electron chi connectivity index (χ1n) is 9.75. The molecule has 1 saturated heterocycles. The Labute approximate surface area is 223 Å². The van der Waals surface area contributed by atoms with Crippen molar-refractivity contribution in [1.82, 2.24) is 0 Å². The fourth-order valence-electron chi connectivity index (χ4n) is 3.21. The van der Waals surface area contributed by atoms with E-state index >= 15 is 0 Å². The summed E-state index contributed by atoms with van der Waals surface area (Å²) >= 11 is 22.1. The molecule has 3 aromatic rings. The minimum atomic E-state index is -0.522. The van der Waals surface area contributed by atoms with Gasteiger partial charge in [0.2, 0.25) is 0 Å². The van der Waals surface area contributed by atoms with Gasteiger partial charge < -0.3 is 9.47 Å². The van der Waals surface area contributed by atoms with Crippen LogP contribution in [0.5, 0.6) is 11.5 Å². The largest absolute Gasteiger partial charge is 0.493 e. The first-order chi connectivity index (χ1) is 16.3. The molecule has 0 N–H and O–H groups in total. The lowest BCUT2D eigenvalue weighted by atomic mass is 10.1. The lowest BCUT2D eigenvalue weighted by molar-refractivity contribution is -0.113. The number of nitrogens with zero attached hydrogens (tertiary/aromatic N) is 1. The minimum absolute atomic E-state index is 0.122. The lowest BCUT2D eigenvalue weighted by Crippen LogP contribution is -2.28. The second-order valence-corrected chi connectivity index (χ2v) is 10.4. The van der Waals surface area contributed by atoms with Crippen molar-refractivity contribution in [2.45, 2.75) is 6.61 Å². The van der Waals surface area contributed by atoms with Crippen molar-refractivity contribution in [3.05, 3.63) is 91.0 Å². The van der Waals surface area contributed by atoms with E-state index < -0.39 is 11.7 Å². The van der Waals surface area contributed by atoms with Crippen LogP contribution in [0, 0.1) is 5.82 Å². The van der Waals surface area contributed by atoms with Gasteiger partial charge in [-0.25, -0.2) is 4.39 Å². The summed E-state index contributed by atoms with van der Waals surface area (Å²) < 4.78 is 26.6. The Bertz CT molecular complexity index is 1340. The first-order valence-corrected chi connectivity index (χ1v) is 12.5. The van der Waals surface area contributed by atoms with Crippen molar-refractivity contribution in [2.75, 3.05) is 12.0 Å². The van der Waals surface area contributed by atoms with E-state index in [-0.39, 0.29) is 16.6 Å². The van der Waals surface area contributed by atoms with Crippen molar-refractivity contribution < 1.29 is 18.7 Å². The zero-order valence-corrected chi connectivity index (χ0v) is 22.2. The number of thiocarbonyl (C=S) groups is 1. The van der Waals surface area contributed by atoms with E-state index in [2.05, 4.69) is 15.9 Å². The van der Waals surface area contributed by atoms with E-state index in [1.54, 1.807) is 48.5 Å². The van der Waals surface area contributed by atoms with Crippen LogP contribution in [0.15, 0.2) is 64.0 Å². The van der Waals surface area contributed by atoms with Crippen LogP contribution in [0.4, 0.5) is 10.1 Å². The highest BCUT2D eigenvalue weighted by Crippen LogP contribution is 2.41. The molecule has 4 nitrogen and oxygen atoms in total. The molecular formula is C24H15BrCl2FNO3S2. The molecular weight excluding hydrogens is 584 g/mol. The summed E-state index contributed by atoms with van der Waals surface area (Å²) in [6, 6.07) is 14.7. The van der Waals surface area contributed by atoms with Crippen molar-refractivity contribution in [2.24, 2.45) is 0 Å². The number of benzene rings is 3. The van der Waals surface area contributed by atoms with Crippen LogP contribution in [0.2, 0.25) is 10.0 Å². The van der Waals surface area contributed by atoms with Gasteiger partial charge in [-0.05, 0) is 64.0 Å². The van der Waals surface area contributed by atoms with Crippen molar-refractivity contribution in [1.29, 1.82) is 0 Å². The van der Waals surface area contributed by atoms with Crippen LogP contribution < -0.4 is 14.4 Å². The zero-order chi connectivity index (χ0) is 24.4. The molecule has 0 unspecified atom stereocenters. The third-order valence-corrected chi connectivity index (χ3v) is 7.30. The van der Waals surface area contributed by atoms with Crippen LogP contribution in [-0.2, 0) is 11.4 Å². The number of ether oxygens (including phenoxy) is 2. The average molecular weight is 599 g/mol. The second-order valence-electron chi connectivity index (χ2n) is 7.03. The summed E-state index contributed by atoms with van der Waals surface area (Å²) in [5, 5.41) is 1.04. The van der Waals surface area contributed by atoms with Crippen molar-refractivity contribution in [3.63, 3.8) is 0 Å². The topological polar surface area (TPSA) is 38.8 Å². The van der Waals surface area contributed by atoms with Crippen molar-refractivity contribution in [3.8, 4) is 11.5 Å². The molecule has 0 bridgehead atoms. The molecule has 174 valence electrons. The molecule has 1 amide bonds. The maximum atomic E-state index is 14.2. The normalized spacial score (nSPS) is 14.7. The van der Waals surface area contributed by atoms with E-state index in [1.165, 1.54) is 24.1 Å². The number of carbonyl (C=O) groups is 1. The summed E-state index contributed by atoms with van der Waals surface area (Å²) in [5.41, 5.74) is 1.56. The van der Waals surface area contributed by atoms with Crippen LogP contribution in [0.3, 0.4) is 0 Å². The predicted molar refractivity (Wildman–Crippen MR) is 144 cm³/mol. The van der Waals surface area contributed by atoms with Gasteiger partial charge in [0, 0.05) is 15.6 Å². The summed E-state index contributed by atoms with van der Waals surface area (Å²) in [6.45, 7) is 0.200. The van der Waals surface area contributed by atoms with Gasteiger partial charge in [-0.15, -0.1) is 0 Å². The van der Waals surface area contributed by atoms with Gasteiger partial charge in [0.05, 0.1) is 22.2 Å². The Hall–Kier alpha value is -2.10. The molecule has 1 fully saturated rings. The van der Waals surface area contributed by atoms with Crippen LogP contribution in [-0.4, -0.2) is 17.3 Å². The summed E-state index contributed by atoms with van der Waals surface area (Å²) in [4.78, 5) is 14.5. The molecule has 1 heterocycles. The van der Waals surface area contributed by atoms with Gasteiger partial charge >= 0.3 is 0 Å². The highest BCUT2D eigenvalue weighted by molar-refractivity contribution is 9.10. The molecule has 4 rings (SSSR count). The van der Waals surface area contributed by atoms with E-state index in [0.717, 1.165) is 17.3 Å². The number of carbonyl (C=O) groups excluding carboxylic acids is 1. The van der Waals surface area contributed by atoms with Gasteiger partial charge in [-0.2, -0.15) is 0 Å². The highest BCUT2D eigenvalue weighted by Gasteiger charge is 2.34. The molecule has 0 saturated carbocycles. The van der Waals surface area contributed by atoms with Crippen LogP contribution >= 0.6 is 63.1 Å². The number of thioether (sulfide) groups is 1. The molecule has 0 radical (unpaired) electrons. The summed E-state index contributed by atoms with van der Waals surface area (Å²) in [7, 11) is 1.52. The minimum Gasteiger partial charge on any atom is -0.493 e. The summed E-state index contributed by atoms with van der Waals surface area (Å²) in [5.74, 6) is 0.0134. The number of para-hydroxylation sites is 1. The molecule has 1 aliphatic heterocycles. The number of hydrogen-bond acceptors (Lipinski definition) is 5. The van der Waals surface area contributed by atoms with E-state index in [0.29, 0.717) is 36.5 Å². The standard InChI is InChI=1S/C24H15BrCl2FNO3S2/c1-31-20-9-13(8-16(25)22(20)32-12-14-6-7-15(26)11-17(14)27)10-21-23(30)29(24(33)34-21)19-5-3-2-4-18(19)28/h2-11H,12H2,1H3/b21-10-. The van der Waals surface area contributed by atoms with Gasteiger partial charge in [-0.3, -0.25) is 9.69 Å². The molecule has 0 aliphatic carbocycles. The van der Waals surface area contributed by atoms with Crippen molar-refractivity contribution >= 4 is 85.1 Å². The number of methoxy groups -OCH3 is 1. The smallest absolute Gasteiger partial charge is 0.270 e. The number of rotatable bonds is 6. The fourth-order valence-corrected chi connectivity index (χ4v) is 5.53. The van der Waals surface area contributed by atoms with Gasteiger partial charge in [0.25, 0.3) is 5.91 Å². The maximum absolute atomic E-state index is 14.2. The van der Waals surface area contributed by atoms with Crippen LogP contribution in [0.1, 0.15) is 11.1 Å². The lowest BCUT2D eigenvalue weighted by Gasteiger charge is -2.15. The number of anilines is 1. The Morgan fingerprint density at radius 2 is 1.94 bits per heavy atom. The molecule has 0 aromatic heterocycles. The van der Waals surface area contributed by atoms with Gasteiger partial charge in [-0.1, -0.05) is 65.4 Å². The third kappa shape index (κ3) is 5.26. The Morgan fingerprint density at radius 3 is 2.65 bits per heavy atom. The number of halogens is 4. The number of hydrogen-bond donors (Lipinski definition) is 0. The number of amides is 1. The van der Waals surface area contributed by atoms with Gasteiger partial charge in [0.1, 0.15) is 12.4 Å². The monoisotopic (exact) mass is 597 g/mol. The van der Waals surface area contributed by atoms with E-state index in [9.17, 15) is 9.18 Å². The highest BCUT2D eigenvalue weighted by atomic mass is 79.9. The van der Waals surface area contributed by atoms with Gasteiger partial charge in [0.15, 0.2) is 15.8 Å². The zero-order valence-electron chi connectivity index (χ0n) is 17.5. The SMILES string of the molecule is COc1cc(/C=C2\SC(=S)N(c3ccccc3F)C2=O)cc(Br)c1OCc1ccc(Cl)cc1Cl. The quantitative estimate of drug-likeness (QED) is 0.213. The molecule has 0 spiro atoms. The molecule has 3 aromatic carbocycles.